The van der Waals surface area contributed by atoms with Gasteiger partial charge >= 0.3 is 0 Å². The molecule has 0 saturated heterocycles. The minimum atomic E-state index is -0.534. The van der Waals surface area contributed by atoms with Crippen molar-refractivity contribution in [3.05, 3.63) is 39.8 Å². The monoisotopic (exact) mass is 194 g/mol. The van der Waals surface area contributed by atoms with E-state index in [0.29, 0.717) is 16.5 Å². The second kappa shape index (κ2) is 2.80. The third-order valence-corrected chi connectivity index (χ3v) is 2.14. The Morgan fingerprint density at radius 3 is 2.86 bits per heavy atom. The summed E-state index contributed by atoms with van der Waals surface area (Å²) in [6.45, 7) is 1.61. The van der Waals surface area contributed by atoms with E-state index in [-0.39, 0.29) is 5.69 Å². The van der Waals surface area contributed by atoms with E-state index in [1.54, 1.807) is 13.0 Å². The Hall–Kier alpha value is -1.91. The van der Waals surface area contributed by atoms with Crippen molar-refractivity contribution in [1.29, 1.82) is 0 Å². The van der Waals surface area contributed by atoms with Crippen LogP contribution < -0.4 is 0 Å². The lowest BCUT2D eigenvalue weighted by Crippen LogP contribution is -1.86. The number of nitro groups is 1. The van der Waals surface area contributed by atoms with Crippen LogP contribution in [0, 0.1) is 22.9 Å². The molecule has 0 atom stereocenters. The number of rotatable bonds is 1. The van der Waals surface area contributed by atoms with Crippen molar-refractivity contribution in [2.45, 2.75) is 6.92 Å². The molecule has 0 saturated carbocycles. The highest BCUT2D eigenvalue weighted by atomic mass is 19.1. The molecule has 4 nitrogen and oxygen atoms in total. The van der Waals surface area contributed by atoms with Crippen LogP contribution in [0.4, 0.5) is 10.1 Å². The van der Waals surface area contributed by atoms with Crippen LogP contribution in [0.25, 0.3) is 10.9 Å². The topological polar surface area (TPSA) is 58.9 Å². The largest absolute Gasteiger partial charge is 0.355 e. The van der Waals surface area contributed by atoms with Gasteiger partial charge in [-0.25, -0.2) is 4.39 Å². The summed E-state index contributed by atoms with van der Waals surface area (Å²) in [6, 6.07) is 2.73. The number of aryl methyl sites for hydroxylation is 1. The van der Waals surface area contributed by atoms with E-state index in [2.05, 4.69) is 4.98 Å². The average Bonchev–Trinajstić information content (AvgIpc) is 2.48. The molecule has 0 radical (unpaired) electrons. The Balaban J connectivity index is 2.80. The number of nitrogens with zero attached hydrogens (tertiary/aromatic N) is 1. The summed E-state index contributed by atoms with van der Waals surface area (Å²) in [6.07, 6.45) is 1.27. The van der Waals surface area contributed by atoms with Gasteiger partial charge in [0.15, 0.2) is 0 Å². The second-order valence-electron chi connectivity index (χ2n) is 3.08. The average molecular weight is 194 g/mol. The number of hydrogen-bond acceptors (Lipinski definition) is 2. The molecule has 0 aliphatic carbocycles. The Labute approximate surface area is 78.5 Å². The Kier molecular flexibility index (Phi) is 1.73. The van der Waals surface area contributed by atoms with Gasteiger partial charge in [-0.2, -0.15) is 0 Å². The van der Waals surface area contributed by atoms with Crippen molar-refractivity contribution >= 4 is 16.6 Å². The van der Waals surface area contributed by atoms with Gasteiger partial charge in [0.05, 0.1) is 22.0 Å². The molecular weight excluding hydrogens is 187 g/mol. The number of halogens is 1. The smallest absolute Gasteiger partial charge is 0.294 e. The number of aromatic nitrogens is 1. The van der Waals surface area contributed by atoms with Gasteiger partial charge in [-0.1, -0.05) is 0 Å². The second-order valence-corrected chi connectivity index (χ2v) is 3.08. The van der Waals surface area contributed by atoms with Gasteiger partial charge in [-0.05, 0) is 24.6 Å². The van der Waals surface area contributed by atoms with Crippen LogP contribution >= 0.6 is 0 Å². The zero-order valence-electron chi connectivity index (χ0n) is 7.37. The molecule has 5 heteroatoms. The Bertz CT molecular complexity index is 519. The first-order chi connectivity index (χ1) is 6.59. The third-order valence-electron chi connectivity index (χ3n) is 2.14. The van der Waals surface area contributed by atoms with Crippen molar-refractivity contribution in [2.75, 3.05) is 0 Å². The van der Waals surface area contributed by atoms with Crippen molar-refractivity contribution in [1.82, 2.24) is 4.98 Å². The van der Waals surface area contributed by atoms with Crippen LogP contribution in [-0.4, -0.2) is 9.91 Å². The highest BCUT2D eigenvalue weighted by Gasteiger charge is 2.15. The molecule has 0 aliphatic heterocycles. The molecule has 1 aromatic heterocycles. The fourth-order valence-electron chi connectivity index (χ4n) is 1.39. The fraction of sp³-hybridized carbons (Fsp3) is 0.111. The van der Waals surface area contributed by atoms with E-state index in [1.165, 1.54) is 12.3 Å². The van der Waals surface area contributed by atoms with Crippen molar-refractivity contribution < 1.29 is 9.31 Å². The van der Waals surface area contributed by atoms with Crippen LogP contribution in [-0.2, 0) is 0 Å². The van der Waals surface area contributed by atoms with E-state index >= 15 is 0 Å². The Morgan fingerprint density at radius 2 is 2.21 bits per heavy atom. The van der Waals surface area contributed by atoms with Crippen LogP contribution in [0.2, 0.25) is 0 Å². The van der Waals surface area contributed by atoms with E-state index in [0.717, 1.165) is 0 Å². The first kappa shape index (κ1) is 8.68. The number of aromatic amines is 1. The Morgan fingerprint density at radius 1 is 1.50 bits per heavy atom. The van der Waals surface area contributed by atoms with Gasteiger partial charge in [0.1, 0.15) is 5.82 Å². The summed E-state index contributed by atoms with van der Waals surface area (Å²) < 4.78 is 13.1. The standard InChI is InChI=1S/C9H7FN2O2/c1-5-2-8-6(3-7(5)10)9(4-11-8)12(13)14/h2-4,11H,1H3. The number of nitrogens with one attached hydrogen (secondary N) is 1. The van der Waals surface area contributed by atoms with Crippen molar-refractivity contribution in [2.24, 2.45) is 0 Å². The molecule has 14 heavy (non-hydrogen) atoms. The van der Waals surface area contributed by atoms with Gasteiger partial charge in [0.2, 0.25) is 0 Å². The lowest BCUT2D eigenvalue weighted by atomic mass is 10.1. The predicted molar refractivity (Wildman–Crippen MR) is 49.6 cm³/mol. The van der Waals surface area contributed by atoms with E-state index in [9.17, 15) is 14.5 Å². The summed E-state index contributed by atoms with van der Waals surface area (Å²) in [4.78, 5) is 12.7. The summed E-state index contributed by atoms with van der Waals surface area (Å²) >= 11 is 0. The number of H-pyrrole nitrogens is 1. The quantitative estimate of drug-likeness (QED) is 0.560. The van der Waals surface area contributed by atoms with Crippen LogP contribution in [0.3, 0.4) is 0 Å². The van der Waals surface area contributed by atoms with Crippen molar-refractivity contribution in [3.8, 4) is 0 Å². The molecule has 2 aromatic rings. The molecule has 0 spiro atoms. The minimum Gasteiger partial charge on any atom is -0.355 e. The SMILES string of the molecule is Cc1cc2[nH]cc([N+](=O)[O-])c2cc1F. The molecule has 2 rings (SSSR count). The number of hydrogen-bond donors (Lipinski definition) is 1. The summed E-state index contributed by atoms with van der Waals surface area (Å²) in [5, 5.41) is 10.8. The predicted octanol–water partition coefficient (Wildman–Crippen LogP) is 2.52. The molecule has 0 unspecified atom stereocenters. The van der Waals surface area contributed by atoms with Gasteiger partial charge in [-0.3, -0.25) is 10.1 Å². The van der Waals surface area contributed by atoms with Crippen molar-refractivity contribution in [3.63, 3.8) is 0 Å². The lowest BCUT2D eigenvalue weighted by Gasteiger charge is -1.95. The van der Waals surface area contributed by atoms with E-state index in [4.69, 9.17) is 0 Å². The molecule has 1 N–H and O–H groups in total. The minimum absolute atomic E-state index is 0.0982. The molecular formula is C9H7FN2O2. The van der Waals surface area contributed by atoms with Crippen LogP contribution in [0.15, 0.2) is 18.3 Å². The zero-order valence-corrected chi connectivity index (χ0v) is 7.37. The van der Waals surface area contributed by atoms with Gasteiger partial charge in [0, 0.05) is 0 Å². The van der Waals surface area contributed by atoms with Crippen LogP contribution in [0.5, 0.6) is 0 Å². The maximum Gasteiger partial charge on any atom is 0.294 e. The molecule has 0 aliphatic rings. The lowest BCUT2D eigenvalue weighted by molar-refractivity contribution is -0.383. The zero-order chi connectivity index (χ0) is 10.3. The number of benzene rings is 1. The van der Waals surface area contributed by atoms with E-state index in [1.807, 2.05) is 0 Å². The fourth-order valence-corrected chi connectivity index (χ4v) is 1.39. The van der Waals surface area contributed by atoms with E-state index < -0.39 is 10.7 Å². The third kappa shape index (κ3) is 1.14. The summed E-state index contributed by atoms with van der Waals surface area (Å²) in [7, 11) is 0. The number of fused-ring (bicyclic) bond motifs is 1. The molecule has 72 valence electrons. The highest BCUT2D eigenvalue weighted by Crippen LogP contribution is 2.26. The molecule has 1 aromatic carbocycles. The highest BCUT2D eigenvalue weighted by molar-refractivity contribution is 5.89. The first-order valence-electron chi connectivity index (χ1n) is 4.01. The maximum atomic E-state index is 13.1. The van der Waals surface area contributed by atoms with Gasteiger partial charge in [0.25, 0.3) is 5.69 Å². The summed E-state index contributed by atoms with van der Waals surface area (Å²) in [5.74, 6) is -0.430. The maximum absolute atomic E-state index is 13.1. The molecule has 0 bridgehead atoms. The molecule has 0 amide bonds. The normalized spacial score (nSPS) is 10.7. The van der Waals surface area contributed by atoms with Crippen LogP contribution in [0.1, 0.15) is 5.56 Å². The molecule has 1 heterocycles. The first-order valence-corrected chi connectivity index (χ1v) is 4.01. The summed E-state index contributed by atoms with van der Waals surface area (Å²) in [5.41, 5.74) is 0.948. The van der Waals surface area contributed by atoms with Gasteiger partial charge < -0.3 is 4.98 Å². The van der Waals surface area contributed by atoms with Gasteiger partial charge in [-0.15, -0.1) is 0 Å². The molecule has 0 fully saturated rings.